The molecular weight excluding hydrogens is 904 g/mol. The fraction of sp³-hybridized carbons (Fsp3) is 0.836. The Balaban J connectivity index is 5.32. The minimum absolute atomic E-state index is 0.0254. The number of allylic oxidation sites excluding steroid dienone is 7. The van der Waals surface area contributed by atoms with Crippen LogP contribution in [0.25, 0.3) is 0 Å². The molecule has 0 bridgehead atoms. The van der Waals surface area contributed by atoms with Crippen LogP contribution in [-0.2, 0) is 27.9 Å². The lowest BCUT2D eigenvalue weighted by molar-refractivity contribution is -0.870. The predicted octanol–water partition coefficient (Wildman–Crippen LogP) is 17.5. The van der Waals surface area contributed by atoms with Gasteiger partial charge in [0.2, 0.25) is 5.91 Å². The number of phosphoric acid groups is 1. The zero-order valence-electron chi connectivity index (χ0n) is 47.4. The largest absolute Gasteiger partial charge is 0.756 e. The summed E-state index contributed by atoms with van der Waals surface area (Å²) in [6.45, 7) is 6.81. The molecule has 0 radical (unpaired) electrons. The number of rotatable bonds is 54. The highest BCUT2D eigenvalue weighted by molar-refractivity contribution is 7.45. The number of phosphoric ester groups is 1. The Labute approximate surface area is 439 Å². The van der Waals surface area contributed by atoms with Gasteiger partial charge in [-0.3, -0.25) is 14.2 Å². The number of carbonyl (C=O) groups is 2. The summed E-state index contributed by atoms with van der Waals surface area (Å²) in [5.74, 6) is -0.559. The molecule has 0 heterocycles. The fourth-order valence-corrected chi connectivity index (χ4v) is 9.27. The third-order valence-electron chi connectivity index (χ3n) is 13.2. The summed E-state index contributed by atoms with van der Waals surface area (Å²) >= 11 is 0. The molecule has 0 aromatic rings. The number of carbonyl (C=O) groups excluding carboxylic acids is 2. The monoisotopic (exact) mass is 1020 g/mol. The van der Waals surface area contributed by atoms with Gasteiger partial charge in [0.1, 0.15) is 19.3 Å². The van der Waals surface area contributed by atoms with Crippen molar-refractivity contribution in [1.82, 2.24) is 5.32 Å². The van der Waals surface area contributed by atoms with Gasteiger partial charge in [0, 0.05) is 12.8 Å². The summed E-state index contributed by atoms with van der Waals surface area (Å²) in [4.78, 5) is 39.9. The molecule has 0 fully saturated rings. The molecule has 0 saturated heterocycles. The van der Waals surface area contributed by atoms with Crippen LogP contribution in [0.15, 0.2) is 48.6 Å². The summed E-state index contributed by atoms with van der Waals surface area (Å²) in [7, 11) is 1.18. The average Bonchev–Trinajstić information content (AvgIpc) is 3.33. The van der Waals surface area contributed by atoms with Gasteiger partial charge in [0.25, 0.3) is 7.82 Å². The van der Waals surface area contributed by atoms with E-state index in [1.54, 1.807) is 0 Å². The maximum Gasteiger partial charge on any atom is 0.306 e. The van der Waals surface area contributed by atoms with Gasteiger partial charge in [-0.05, 0) is 89.5 Å². The van der Waals surface area contributed by atoms with Crippen LogP contribution >= 0.6 is 7.82 Å². The SMILES string of the molecule is CCCCC/C=C\C/C=C\CCCCCCCCCCCC(=O)OC(/C=C\CCCCCCCCCCCCC)C(COP(=O)([O-])OCC[N+](C)(C)C)NC(=O)CCCCC/C=C\CCCCCCCC. The number of hydrogen-bond donors (Lipinski definition) is 1. The molecule has 0 aliphatic rings. The number of nitrogens with zero attached hydrogens (tertiary/aromatic N) is 1. The maximum atomic E-state index is 13.5. The predicted molar refractivity (Wildman–Crippen MR) is 302 cm³/mol. The molecule has 0 aromatic heterocycles. The van der Waals surface area contributed by atoms with E-state index in [0.29, 0.717) is 23.9 Å². The van der Waals surface area contributed by atoms with E-state index in [9.17, 15) is 19.0 Å². The van der Waals surface area contributed by atoms with Crippen molar-refractivity contribution in [3.63, 3.8) is 0 Å². The van der Waals surface area contributed by atoms with Crippen molar-refractivity contribution in [1.29, 1.82) is 0 Å². The second-order valence-electron chi connectivity index (χ2n) is 21.5. The van der Waals surface area contributed by atoms with E-state index in [1.165, 1.54) is 161 Å². The molecular formula is C61H115N2O7P. The minimum atomic E-state index is -4.70. The van der Waals surface area contributed by atoms with Crippen molar-refractivity contribution < 1.29 is 37.3 Å². The first-order valence-corrected chi connectivity index (χ1v) is 31.4. The number of unbranched alkanes of at least 4 members (excludes halogenated alkanes) is 32. The minimum Gasteiger partial charge on any atom is -0.756 e. The number of ether oxygens (including phenoxy) is 1. The van der Waals surface area contributed by atoms with Crippen molar-refractivity contribution in [2.75, 3.05) is 40.9 Å². The van der Waals surface area contributed by atoms with E-state index < -0.39 is 26.6 Å². The number of esters is 1. The van der Waals surface area contributed by atoms with Crippen LogP contribution in [0.3, 0.4) is 0 Å². The molecule has 3 unspecified atom stereocenters. The van der Waals surface area contributed by atoms with Crippen LogP contribution in [0.2, 0.25) is 0 Å². The second-order valence-corrected chi connectivity index (χ2v) is 22.9. The fourth-order valence-electron chi connectivity index (χ4n) is 8.55. The van der Waals surface area contributed by atoms with Crippen molar-refractivity contribution >= 4 is 19.7 Å². The van der Waals surface area contributed by atoms with Crippen LogP contribution in [0.4, 0.5) is 0 Å². The lowest BCUT2D eigenvalue weighted by Gasteiger charge is -2.30. The molecule has 71 heavy (non-hydrogen) atoms. The van der Waals surface area contributed by atoms with Crippen molar-refractivity contribution in [2.45, 2.75) is 290 Å². The molecule has 1 amide bonds. The molecule has 416 valence electrons. The molecule has 0 aromatic carbocycles. The normalized spacial score (nSPS) is 14.1. The highest BCUT2D eigenvalue weighted by Crippen LogP contribution is 2.38. The molecule has 10 heteroatoms. The zero-order valence-corrected chi connectivity index (χ0v) is 48.3. The van der Waals surface area contributed by atoms with E-state index in [4.69, 9.17) is 13.8 Å². The summed E-state index contributed by atoms with van der Waals surface area (Å²) in [5.41, 5.74) is 0. The van der Waals surface area contributed by atoms with Crippen LogP contribution < -0.4 is 10.2 Å². The van der Waals surface area contributed by atoms with Gasteiger partial charge < -0.3 is 28.5 Å². The lowest BCUT2D eigenvalue weighted by atomic mass is 10.0. The molecule has 1 N–H and O–H groups in total. The third kappa shape index (κ3) is 52.6. The molecule has 0 aliphatic carbocycles. The van der Waals surface area contributed by atoms with Crippen molar-refractivity contribution in [3.05, 3.63) is 48.6 Å². The third-order valence-corrected chi connectivity index (χ3v) is 14.2. The molecule has 0 rings (SSSR count). The Hall–Kier alpha value is -2.03. The number of amides is 1. The van der Waals surface area contributed by atoms with E-state index in [2.05, 4.69) is 62.5 Å². The Bertz CT molecular complexity index is 1360. The van der Waals surface area contributed by atoms with Crippen LogP contribution in [0, 0.1) is 0 Å². The van der Waals surface area contributed by atoms with Crippen LogP contribution in [0.1, 0.15) is 278 Å². The van der Waals surface area contributed by atoms with E-state index in [1.807, 2.05) is 33.3 Å². The maximum absolute atomic E-state index is 13.5. The summed E-state index contributed by atoms with van der Waals surface area (Å²) in [5, 5.41) is 3.01. The van der Waals surface area contributed by atoms with Gasteiger partial charge in [0.05, 0.1) is 33.8 Å². The van der Waals surface area contributed by atoms with Gasteiger partial charge in [0.15, 0.2) is 0 Å². The number of quaternary nitrogens is 1. The summed E-state index contributed by atoms with van der Waals surface area (Å²) in [6, 6.07) is -0.896. The number of nitrogens with one attached hydrogen (secondary N) is 1. The Morgan fingerprint density at radius 2 is 0.859 bits per heavy atom. The molecule has 0 spiro atoms. The van der Waals surface area contributed by atoms with Gasteiger partial charge in [-0.25, -0.2) is 0 Å². The molecule has 0 aliphatic heterocycles. The van der Waals surface area contributed by atoms with Crippen molar-refractivity contribution in [3.8, 4) is 0 Å². The first-order chi connectivity index (χ1) is 34.4. The van der Waals surface area contributed by atoms with Gasteiger partial charge in [-0.2, -0.15) is 0 Å². The molecule has 3 atom stereocenters. The topological polar surface area (TPSA) is 114 Å². The smallest absolute Gasteiger partial charge is 0.306 e. The first kappa shape index (κ1) is 69.0. The molecule has 0 saturated carbocycles. The van der Waals surface area contributed by atoms with E-state index in [0.717, 1.165) is 77.0 Å². The van der Waals surface area contributed by atoms with Crippen LogP contribution in [-0.4, -0.2) is 69.4 Å². The Morgan fingerprint density at radius 3 is 1.32 bits per heavy atom. The zero-order chi connectivity index (χ0) is 52.2. The Kier molecular flexibility index (Phi) is 50.0. The quantitative estimate of drug-likeness (QED) is 0.0212. The summed E-state index contributed by atoms with van der Waals surface area (Å²) < 4.78 is 30.3. The number of likely N-dealkylation sites (N-methyl/N-ethyl adjacent to an activating group) is 1. The lowest BCUT2D eigenvalue weighted by Crippen LogP contribution is -2.47. The van der Waals surface area contributed by atoms with Gasteiger partial charge in [-0.15, -0.1) is 0 Å². The average molecular weight is 1020 g/mol. The Morgan fingerprint density at radius 1 is 0.493 bits per heavy atom. The van der Waals surface area contributed by atoms with Crippen molar-refractivity contribution in [2.24, 2.45) is 0 Å². The van der Waals surface area contributed by atoms with E-state index in [-0.39, 0.29) is 24.9 Å². The van der Waals surface area contributed by atoms with Crippen LogP contribution in [0.5, 0.6) is 0 Å². The second kappa shape index (κ2) is 51.5. The summed E-state index contributed by atoms with van der Waals surface area (Å²) in [6.07, 6.45) is 62.1. The highest BCUT2D eigenvalue weighted by Gasteiger charge is 2.27. The standard InChI is InChI=1S/C61H115N2O7P/c1-7-10-13-16-19-22-25-28-29-30-31-32-33-36-39-42-45-48-51-54-61(65)70-59(52-49-46-43-40-37-34-26-23-20-17-14-11-8-2)58(57-69-71(66,67)68-56-55-63(4,5)6)62-60(64)53-50-47-44-41-38-35-27-24-21-18-15-12-9-3/h19,22,28-29,35,38,49,52,58-59H,7-18,20-21,23-27,30-34,36-37,39-48,50-51,53-57H2,1-6H3,(H-,62,64,66,67)/b22-19-,29-28-,38-35-,52-49-. The first-order valence-electron chi connectivity index (χ1n) is 29.9. The van der Waals surface area contributed by atoms with Gasteiger partial charge in [-0.1, -0.05) is 224 Å². The number of hydrogen-bond acceptors (Lipinski definition) is 7. The van der Waals surface area contributed by atoms with E-state index >= 15 is 0 Å². The van der Waals surface area contributed by atoms with Gasteiger partial charge >= 0.3 is 5.97 Å². The highest BCUT2D eigenvalue weighted by atomic mass is 31.2. The molecule has 9 nitrogen and oxygen atoms in total.